The van der Waals surface area contributed by atoms with Gasteiger partial charge in [0.2, 0.25) is 6.41 Å². The van der Waals surface area contributed by atoms with Crippen molar-refractivity contribution in [1.29, 1.82) is 0 Å². The minimum absolute atomic E-state index is 0.0737. The summed E-state index contributed by atoms with van der Waals surface area (Å²) in [5.41, 5.74) is 0.574. The number of aromatic nitrogens is 2. The Labute approximate surface area is 154 Å². The normalized spacial score (nSPS) is 14.3. The monoisotopic (exact) mass is 377 g/mol. The Kier molecular flexibility index (Phi) is 5.32. The van der Waals surface area contributed by atoms with Crippen LogP contribution in [-0.2, 0) is 4.79 Å². The van der Waals surface area contributed by atoms with Crippen LogP contribution in [0.1, 0.15) is 16.3 Å². The molecule has 0 radical (unpaired) electrons. The first-order valence-corrected chi connectivity index (χ1v) is 8.40. The fourth-order valence-corrected chi connectivity index (χ4v) is 2.84. The molecule has 0 saturated carbocycles. The van der Waals surface area contributed by atoms with E-state index in [2.05, 4.69) is 15.3 Å². The molecule has 1 saturated heterocycles. The molecule has 2 aromatic rings. The minimum atomic E-state index is -0.556. The highest BCUT2D eigenvalue weighted by molar-refractivity contribution is 6.31. The lowest BCUT2D eigenvalue weighted by atomic mass is 10.2. The average molecular weight is 378 g/mol. The summed E-state index contributed by atoms with van der Waals surface area (Å²) < 4.78 is 13.2. The van der Waals surface area contributed by atoms with Gasteiger partial charge in [-0.2, -0.15) is 0 Å². The van der Waals surface area contributed by atoms with E-state index in [1.165, 1.54) is 18.2 Å². The van der Waals surface area contributed by atoms with E-state index in [-0.39, 0.29) is 10.7 Å². The first kappa shape index (κ1) is 18.1. The molecule has 1 aliphatic rings. The molecule has 0 unspecified atom stereocenters. The van der Waals surface area contributed by atoms with Gasteiger partial charge in [0, 0.05) is 37.9 Å². The highest BCUT2D eigenvalue weighted by atomic mass is 35.5. The molecule has 2 heterocycles. The van der Waals surface area contributed by atoms with E-state index in [4.69, 9.17) is 11.6 Å². The molecular weight excluding hydrogens is 361 g/mol. The maximum absolute atomic E-state index is 13.2. The number of hydrogen-bond donors (Lipinski definition) is 1. The number of nitrogens with one attached hydrogen (secondary N) is 1. The molecule has 0 aliphatic carbocycles. The Morgan fingerprint density at radius 3 is 2.62 bits per heavy atom. The van der Waals surface area contributed by atoms with Gasteiger partial charge in [-0.1, -0.05) is 11.6 Å². The van der Waals surface area contributed by atoms with Crippen LogP contribution in [0.2, 0.25) is 5.02 Å². The summed E-state index contributed by atoms with van der Waals surface area (Å²) in [4.78, 5) is 35.5. The number of aryl methyl sites for hydroxylation is 1. The number of rotatable bonds is 4. The molecule has 1 aromatic heterocycles. The Hall–Kier alpha value is -2.74. The third-order valence-electron chi connectivity index (χ3n) is 4.02. The zero-order valence-electron chi connectivity index (χ0n) is 14.1. The quantitative estimate of drug-likeness (QED) is 0.826. The van der Waals surface area contributed by atoms with Crippen molar-refractivity contribution in [2.75, 3.05) is 36.4 Å². The maximum Gasteiger partial charge on any atom is 0.274 e. The van der Waals surface area contributed by atoms with Gasteiger partial charge in [-0.05, 0) is 25.1 Å². The van der Waals surface area contributed by atoms with Gasteiger partial charge < -0.3 is 15.1 Å². The number of amides is 2. The minimum Gasteiger partial charge on any atom is -0.353 e. The summed E-state index contributed by atoms with van der Waals surface area (Å²) in [6.07, 6.45) is 0.829. The molecule has 0 atom stereocenters. The van der Waals surface area contributed by atoms with Crippen molar-refractivity contribution in [1.82, 2.24) is 14.9 Å². The van der Waals surface area contributed by atoms with Crippen molar-refractivity contribution in [3.8, 4) is 0 Å². The lowest BCUT2D eigenvalue weighted by molar-refractivity contribution is -0.118. The Morgan fingerprint density at radius 2 is 1.96 bits per heavy atom. The summed E-state index contributed by atoms with van der Waals surface area (Å²) in [7, 11) is 0. The SMILES string of the molecule is Cc1nc(C(=O)Nc2ccc(F)c(Cl)c2)cc(N2CCN(C=O)CC2)n1. The van der Waals surface area contributed by atoms with E-state index < -0.39 is 11.7 Å². The molecule has 26 heavy (non-hydrogen) atoms. The van der Waals surface area contributed by atoms with Gasteiger partial charge in [-0.3, -0.25) is 9.59 Å². The van der Waals surface area contributed by atoms with Crippen LogP contribution in [0.5, 0.6) is 0 Å². The van der Waals surface area contributed by atoms with Gasteiger partial charge in [0.15, 0.2) is 0 Å². The number of nitrogens with zero attached hydrogens (tertiary/aromatic N) is 4. The molecule has 9 heteroatoms. The number of carbonyl (C=O) groups is 2. The second kappa shape index (κ2) is 7.65. The fraction of sp³-hybridized carbons (Fsp3) is 0.294. The molecule has 136 valence electrons. The summed E-state index contributed by atoms with van der Waals surface area (Å²) in [5.74, 6) is 0.0956. The number of benzene rings is 1. The highest BCUT2D eigenvalue weighted by Gasteiger charge is 2.19. The van der Waals surface area contributed by atoms with Crippen LogP contribution in [0.15, 0.2) is 24.3 Å². The van der Waals surface area contributed by atoms with Crippen LogP contribution in [0.3, 0.4) is 0 Å². The van der Waals surface area contributed by atoms with Crippen molar-refractivity contribution >= 4 is 35.4 Å². The topological polar surface area (TPSA) is 78.4 Å². The van der Waals surface area contributed by atoms with Crippen LogP contribution in [0, 0.1) is 12.7 Å². The van der Waals surface area contributed by atoms with Crippen LogP contribution in [-0.4, -0.2) is 53.4 Å². The molecule has 1 N–H and O–H groups in total. The first-order valence-electron chi connectivity index (χ1n) is 8.02. The van der Waals surface area contributed by atoms with Gasteiger partial charge in [-0.15, -0.1) is 0 Å². The third-order valence-corrected chi connectivity index (χ3v) is 4.31. The van der Waals surface area contributed by atoms with Crippen molar-refractivity contribution in [2.45, 2.75) is 6.92 Å². The van der Waals surface area contributed by atoms with Crippen LogP contribution < -0.4 is 10.2 Å². The number of carbonyl (C=O) groups excluding carboxylic acids is 2. The number of hydrogen-bond acceptors (Lipinski definition) is 5. The Balaban J connectivity index is 1.77. The third kappa shape index (κ3) is 4.08. The van der Waals surface area contributed by atoms with Crippen LogP contribution >= 0.6 is 11.6 Å². The summed E-state index contributed by atoms with van der Waals surface area (Å²) in [6, 6.07) is 5.54. The summed E-state index contributed by atoms with van der Waals surface area (Å²) in [6.45, 7) is 4.16. The molecule has 1 aromatic carbocycles. The van der Waals surface area contributed by atoms with E-state index in [0.29, 0.717) is 43.5 Å². The predicted octanol–water partition coefficient (Wildman–Crippen LogP) is 2.11. The lowest BCUT2D eigenvalue weighted by Gasteiger charge is -2.33. The van der Waals surface area contributed by atoms with Gasteiger partial charge >= 0.3 is 0 Å². The van der Waals surface area contributed by atoms with E-state index in [1.807, 2.05) is 4.90 Å². The smallest absolute Gasteiger partial charge is 0.274 e. The predicted molar refractivity (Wildman–Crippen MR) is 96.0 cm³/mol. The van der Waals surface area contributed by atoms with Crippen molar-refractivity contribution in [2.24, 2.45) is 0 Å². The van der Waals surface area contributed by atoms with Crippen LogP contribution in [0.25, 0.3) is 0 Å². The van der Waals surface area contributed by atoms with Gasteiger partial charge in [0.25, 0.3) is 5.91 Å². The van der Waals surface area contributed by atoms with Crippen molar-refractivity contribution in [3.63, 3.8) is 0 Å². The standard InChI is InChI=1S/C17H17ClFN5O2/c1-11-20-15(17(26)22-12-2-3-14(19)13(18)8-12)9-16(21-11)24-6-4-23(10-25)5-7-24/h2-3,8-10H,4-7H2,1H3,(H,22,26). The zero-order valence-corrected chi connectivity index (χ0v) is 14.8. The number of halogens is 2. The molecule has 3 rings (SSSR count). The largest absolute Gasteiger partial charge is 0.353 e. The Bertz CT molecular complexity index is 840. The molecular formula is C17H17ClFN5O2. The van der Waals surface area contributed by atoms with E-state index >= 15 is 0 Å². The molecule has 7 nitrogen and oxygen atoms in total. The average Bonchev–Trinajstić information content (AvgIpc) is 2.64. The summed E-state index contributed by atoms with van der Waals surface area (Å²) >= 11 is 5.73. The van der Waals surface area contributed by atoms with E-state index in [9.17, 15) is 14.0 Å². The highest BCUT2D eigenvalue weighted by Crippen LogP contribution is 2.20. The number of piperazine rings is 1. The number of anilines is 2. The molecule has 1 fully saturated rings. The van der Waals surface area contributed by atoms with Crippen molar-refractivity contribution < 1.29 is 14.0 Å². The van der Waals surface area contributed by atoms with Gasteiger partial charge in [0.05, 0.1) is 5.02 Å². The first-order chi connectivity index (χ1) is 12.5. The Morgan fingerprint density at radius 1 is 1.23 bits per heavy atom. The molecule has 1 aliphatic heterocycles. The van der Waals surface area contributed by atoms with Crippen molar-refractivity contribution in [3.05, 3.63) is 46.6 Å². The zero-order chi connectivity index (χ0) is 18.7. The molecule has 0 spiro atoms. The van der Waals surface area contributed by atoms with Gasteiger partial charge in [0.1, 0.15) is 23.2 Å². The van der Waals surface area contributed by atoms with Crippen LogP contribution in [0.4, 0.5) is 15.9 Å². The fourth-order valence-electron chi connectivity index (χ4n) is 2.66. The molecule has 2 amide bonds. The van der Waals surface area contributed by atoms with E-state index in [1.54, 1.807) is 17.9 Å². The molecule has 0 bridgehead atoms. The summed E-state index contributed by atoms with van der Waals surface area (Å²) in [5, 5.41) is 2.57. The second-order valence-electron chi connectivity index (χ2n) is 5.87. The maximum atomic E-state index is 13.2. The lowest BCUT2D eigenvalue weighted by Crippen LogP contribution is -2.46. The van der Waals surface area contributed by atoms with Gasteiger partial charge in [-0.25, -0.2) is 14.4 Å². The second-order valence-corrected chi connectivity index (χ2v) is 6.28. The van der Waals surface area contributed by atoms with E-state index in [0.717, 1.165) is 6.41 Å².